The summed E-state index contributed by atoms with van der Waals surface area (Å²) in [7, 11) is 3.15. The number of aromatic nitrogens is 2. The Bertz CT molecular complexity index is 1010. The van der Waals surface area contributed by atoms with Gasteiger partial charge >= 0.3 is 5.97 Å². The van der Waals surface area contributed by atoms with Gasteiger partial charge in [-0.1, -0.05) is 6.07 Å². The first-order valence-electron chi connectivity index (χ1n) is 8.43. The highest BCUT2D eigenvalue weighted by Crippen LogP contribution is 2.31. The van der Waals surface area contributed by atoms with Crippen LogP contribution in [0.2, 0.25) is 0 Å². The number of hydrogen-bond acceptors (Lipinski definition) is 7. The zero-order valence-electron chi connectivity index (χ0n) is 15.7. The minimum atomic E-state index is -0.988. The molecule has 0 saturated heterocycles. The van der Waals surface area contributed by atoms with Crippen molar-refractivity contribution in [3.63, 3.8) is 0 Å². The van der Waals surface area contributed by atoms with E-state index in [2.05, 4.69) is 20.6 Å². The third kappa shape index (κ3) is 4.47. The summed E-state index contributed by atoms with van der Waals surface area (Å²) in [6.07, 6.45) is 0. The number of ether oxygens (including phenoxy) is 2. The second-order valence-electron chi connectivity index (χ2n) is 5.89. The van der Waals surface area contributed by atoms with Gasteiger partial charge in [0, 0.05) is 23.5 Å². The Morgan fingerprint density at radius 2 is 1.54 bits per heavy atom. The molecule has 3 rings (SSSR count). The second kappa shape index (κ2) is 8.26. The van der Waals surface area contributed by atoms with Crippen molar-refractivity contribution < 1.29 is 19.4 Å². The zero-order chi connectivity index (χ0) is 20.1. The summed E-state index contributed by atoms with van der Waals surface area (Å²) in [5.74, 6) is 1.92. The first kappa shape index (κ1) is 19.0. The van der Waals surface area contributed by atoms with Gasteiger partial charge in [0.1, 0.15) is 17.5 Å². The third-order valence-electron chi connectivity index (χ3n) is 3.88. The van der Waals surface area contributed by atoms with E-state index in [-0.39, 0.29) is 5.56 Å². The van der Waals surface area contributed by atoms with Crippen LogP contribution in [0.3, 0.4) is 0 Å². The van der Waals surface area contributed by atoms with E-state index in [1.165, 1.54) is 6.07 Å². The van der Waals surface area contributed by atoms with Crippen molar-refractivity contribution >= 4 is 29.0 Å². The van der Waals surface area contributed by atoms with Crippen LogP contribution in [0.1, 0.15) is 16.2 Å². The molecule has 0 aliphatic rings. The van der Waals surface area contributed by atoms with Crippen molar-refractivity contribution in [3.8, 4) is 11.5 Å². The van der Waals surface area contributed by atoms with Gasteiger partial charge in [0.2, 0.25) is 0 Å². The minimum Gasteiger partial charge on any atom is -0.493 e. The molecule has 8 nitrogen and oxygen atoms in total. The normalized spacial score (nSPS) is 10.2. The number of nitrogens with zero attached hydrogens (tertiary/aromatic N) is 2. The van der Waals surface area contributed by atoms with Gasteiger partial charge in [-0.25, -0.2) is 14.8 Å². The maximum absolute atomic E-state index is 11.1. The Hall–Kier alpha value is -3.81. The number of anilines is 4. The lowest BCUT2D eigenvalue weighted by atomic mass is 10.2. The molecule has 0 spiro atoms. The second-order valence-corrected chi connectivity index (χ2v) is 5.89. The van der Waals surface area contributed by atoms with Gasteiger partial charge in [0.15, 0.2) is 11.5 Å². The highest BCUT2D eigenvalue weighted by molar-refractivity contribution is 5.89. The molecule has 3 N–H and O–H groups in total. The van der Waals surface area contributed by atoms with E-state index >= 15 is 0 Å². The highest BCUT2D eigenvalue weighted by atomic mass is 16.5. The van der Waals surface area contributed by atoms with Crippen LogP contribution < -0.4 is 20.1 Å². The van der Waals surface area contributed by atoms with Crippen LogP contribution in [0.25, 0.3) is 0 Å². The Labute approximate surface area is 162 Å². The molecule has 0 fully saturated rings. The van der Waals surface area contributed by atoms with Gasteiger partial charge in [0.25, 0.3) is 0 Å². The fourth-order valence-electron chi connectivity index (χ4n) is 2.64. The molecule has 0 aliphatic heterocycles. The maximum atomic E-state index is 11.1. The van der Waals surface area contributed by atoms with E-state index < -0.39 is 5.97 Å². The van der Waals surface area contributed by atoms with Gasteiger partial charge < -0.3 is 25.2 Å². The number of rotatable bonds is 7. The summed E-state index contributed by atoms with van der Waals surface area (Å²) in [6.45, 7) is 1.78. The van der Waals surface area contributed by atoms with Gasteiger partial charge in [-0.15, -0.1) is 0 Å². The Morgan fingerprint density at radius 1 is 0.893 bits per heavy atom. The summed E-state index contributed by atoms with van der Waals surface area (Å²) >= 11 is 0. The number of aromatic carboxylic acids is 1. The van der Waals surface area contributed by atoms with E-state index in [0.717, 1.165) is 5.69 Å². The number of nitrogens with one attached hydrogen (secondary N) is 2. The molecule has 0 saturated carbocycles. The molecular formula is C20H20N4O4. The summed E-state index contributed by atoms with van der Waals surface area (Å²) in [5, 5.41) is 15.4. The molecule has 0 radical (unpaired) electrons. The van der Waals surface area contributed by atoms with Crippen LogP contribution in [0, 0.1) is 6.92 Å². The van der Waals surface area contributed by atoms with Crippen molar-refractivity contribution in [2.75, 3.05) is 24.9 Å². The Morgan fingerprint density at radius 3 is 2.14 bits per heavy atom. The maximum Gasteiger partial charge on any atom is 0.335 e. The Kier molecular flexibility index (Phi) is 5.59. The van der Waals surface area contributed by atoms with E-state index in [0.29, 0.717) is 34.6 Å². The van der Waals surface area contributed by atoms with Gasteiger partial charge in [-0.2, -0.15) is 0 Å². The quantitative estimate of drug-likeness (QED) is 0.565. The molecule has 3 aromatic rings. The van der Waals surface area contributed by atoms with Crippen LogP contribution >= 0.6 is 0 Å². The predicted molar refractivity (Wildman–Crippen MR) is 106 cm³/mol. The smallest absolute Gasteiger partial charge is 0.335 e. The van der Waals surface area contributed by atoms with Crippen molar-refractivity contribution in [2.24, 2.45) is 0 Å². The molecule has 144 valence electrons. The minimum absolute atomic E-state index is 0.194. The number of benzene rings is 2. The van der Waals surface area contributed by atoms with Crippen LogP contribution in [0.4, 0.5) is 23.0 Å². The van der Waals surface area contributed by atoms with E-state index in [4.69, 9.17) is 14.6 Å². The summed E-state index contributed by atoms with van der Waals surface area (Å²) in [4.78, 5) is 19.9. The largest absolute Gasteiger partial charge is 0.493 e. The number of carboxylic acid groups (broad SMARTS) is 1. The van der Waals surface area contributed by atoms with Crippen molar-refractivity contribution in [2.45, 2.75) is 6.92 Å². The molecule has 28 heavy (non-hydrogen) atoms. The number of aryl methyl sites for hydroxylation is 1. The molecule has 8 heteroatoms. The molecule has 1 aromatic heterocycles. The molecule has 1 heterocycles. The Balaban J connectivity index is 1.84. The lowest BCUT2D eigenvalue weighted by molar-refractivity contribution is 0.0697. The van der Waals surface area contributed by atoms with Gasteiger partial charge in [0.05, 0.1) is 19.8 Å². The number of carboxylic acids is 1. The molecule has 0 bridgehead atoms. The molecule has 2 aromatic carbocycles. The first-order valence-corrected chi connectivity index (χ1v) is 8.43. The average molecular weight is 380 g/mol. The lowest BCUT2D eigenvalue weighted by Crippen LogP contribution is -2.03. The average Bonchev–Trinajstić information content (AvgIpc) is 2.67. The monoisotopic (exact) mass is 380 g/mol. The molecule has 0 aliphatic carbocycles. The first-order chi connectivity index (χ1) is 13.5. The van der Waals surface area contributed by atoms with Crippen LogP contribution in [-0.2, 0) is 0 Å². The fraction of sp³-hybridized carbons (Fsp3) is 0.150. The van der Waals surface area contributed by atoms with Crippen LogP contribution in [0.15, 0.2) is 48.5 Å². The molecule has 0 unspecified atom stereocenters. The third-order valence-corrected chi connectivity index (χ3v) is 3.88. The highest BCUT2D eigenvalue weighted by Gasteiger charge is 2.08. The summed E-state index contributed by atoms with van der Waals surface area (Å²) in [5.41, 5.74) is 1.59. The standard InChI is InChI=1S/C20H20N4O4/c1-12-21-18(23-14-6-4-5-13(9-14)20(25)26)11-19(22-12)24-15-7-8-16(27-2)17(10-15)28-3/h4-11H,1-3H3,(H,25,26)(H2,21,22,23,24). The van der Waals surface area contributed by atoms with Crippen LogP contribution in [-0.4, -0.2) is 35.3 Å². The van der Waals surface area contributed by atoms with E-state index in [1.54, 1.807) is 57.5 Å². The van der Waals surface area contributed by atoms with Crippen molar-refractivity contribution in [3.05, 3.63) is 59.9 Å². The number of methoxy groups -OCH3 is 2. The molecule has 0 amide bonds. The topological polar surface area (TPSA) is 106 Å². The lowest BCUT2D eigenvalue weighted by Gasteiger charge is -2.12. The number of carbonyl (C=O) groups is 1. The SMILES string of the molecule is COc1ccc(Nc2cc(Nc3cccc(C(=O)O)c3)nc(C)n2)cc1OC. The van der Waals surface area contributed by atoms with Gasteiger partial charge in [-0.05, 0) is 37.3 Å². The van der Waals surface area contributed by atoms with E-state index in [9.17, 15) is 4.79 Å². The van der Waals surface area contributed by atoms with Crippen LogP contribution in [0.5, 0.6) is 11.5 Å². The fourth-order valence-corrected chi connectivity index (χ4v) is 2.64. The molecule has 0 atom stereocenters. The van der Waals surface area contributed by atoms with Crippen molar-refractivity contribution in [1.82, 2.24) is 9.97 Å². The zero-order valence-corrected chi connectivity index (χ0v) is 15.7. The van der Waals surface area contributed by atoms with E-state index in [1.807, 2.05) is 6.07 Å². The van der Waals surface area contributed by atoms with Crippen molar-refractivity contribution in [1.29, 1.82) is 0 Å². The predicted octanol–water partition coefficient (Wildman–Crippen LogP) is 3.99. The molecular weight excluding hydrogens is 360 g/mol. The van der Waals surface area contributed by atoms with Gasteiger partial charge in [-0.3, -0.25) is 0 Å². The number of hydrogen-bond donors (Lipinski definition) is 3. The summed E-state index contributed by atoms with van der Waals surface area (Å²) < 4.78 is 10.6. The summed E-state index contributed by atoms with van der Waals surface area (Å²) in [6, 6.07) is 13.7.